The zero-order chi connectivity index (χ0) is 14.3. The van der Waals surface area contributed by atoms with Crippen LogP contribution < -0.4 is 10.6 Å². The molecule has 0 aliphatic carbocycles. The molecule has 0 aromatic heterocycles. The molecule has 0 radical (unpaired) electrons. The minimum atomic E-state index is -1.01. The van der Waals surface area contributed by atoms with Gasteiger partial charge in [-0.15, -0.1) is 0 Å². The average molecular weight is 290 g/mol. The number of aliphatic hydroxyl groups is 1. The minimum Gasteiger partial charge on any atom is -0.387 e. The van der Waals surface area contributed by atoms with E-state index in [-0.39, 0.29) is 12.6 Å². The van der Waals surface area contributed by atoms with Crippen LogP contribution in [-0.4, -0.2) is 60.3 Å². The lowest BCUT2D eigenvalue weighted by Crippen LogP contribution is -2.48. The van der Waals surface area contributed by atoms with Gasteiger partial charge in [-0.25, -0.2) is 0 Å². The first-order chi connectivity index (χ1) is 8.94. The molecule has 0 unspecified atom stereocenters. The zero-order valence-corrected chi connectivity index (χ0v) is 12.2. The van der Waals surface area contributed by atoms with E-state index >= 15 is 0 Å². The third kappa shape index (κ3) is 6.26. The van der Waals surface area contributed by atoms with E-state index in [0.717, 1.165) is 12.8 Å². The summed E-state index contributed by atoms with van der Waals surface area (Å²) in [5.41, 5.74) is -1.01. The monoisotopic (exact) mass is 290 g/mol. The molecule has 1 aliphatic heterocycles. The molecule has 7 heteroatoms. The van der Waals surface area contributed by atoms with Gasteiger partial charge in [-0.1, -0.05) is 0 Å². The van der Waals surface area contributed by atoms with E-state index in [4.69, 9.17) is 4.74 Å². The van der Waals surface area contributed by atoms with Crippen molar-refractivity contribution in [2.75, 3.05) is 31.7 Å². The van der Waals surface area contributed by atoms with E-state index in [9.17, 15) is 14.7 Å². The summed E-state index contributed by atoms with van der Waals surface area (Å²) in [5, 5.41) is 14.8. The fourth-order valence-corrected chi connectivity index (χ4v) is 2.53. The van der Waals surface area contributed by atoms with Gasteiger partial charge in [0, 0.05) is 25.4 Å². The predicted molar refractivity (Wildman–Crippen MR) is 74.0 cm³/mol. The van der Waals surface area contributed by atoms with Gasteiger partial charge in [0.25, 0.3) is 0 Å². The topological polar surface area (TPSA) is 87.7 Å². The Morgan fingerprint density at radius 2 is 2.11 bits per heavy atom. The molecule has 2 amide bonds. The molecule has 1 rings (SSSR count). The van der Waals surface area contributed by atoms with E-state index in [0.29, 0.717) is 18.9 Å². The summed E-state index contributed by atoms with van der Waals surface area (Å²) in [6.45, 7) is 2.74. The first kappa shape index (κ1) is 16.3. The number of nitrogens with one attached hydrogen (secondary N) is 2. The molecule has 0 bridgehead atoms. The molecule has 3 N–H and O–H groups in total. The van der Waals surface area contributed by atoms with Gasteiger partial charge in [0.1, 0.15) is 0 Å². The smallest absolute Gasteiger partial charge is 0.309 e. The van der Waals surface area contributed by atoms with Crippen molar-refractivity contribution < 1.29 is 19.4 Å². The van der Waals surface area contributed by atoms with Crippen molar-refractivity contribution in [3.63, 3.8) is 0 Å². The second-order valence-corrected chi connectivity index (χ2v) is 5.82. The van der Waals surface area contributed by atoms with Crippen LogP contribution in [0, 0.1) is 0 Å². The molecule has 6 nitrogen and oxygen atoms in total. The van der Waals surface area contributed by atoms with Gasteiger partial charge < -0.3 is 20.5 Å². The van der Waals surface area contributed by atoms with Crippen LogP contribution >= 0.6 is 11.8 Å². The lowest BCUT2D eigenvalue weighted by molar-refractivity contribution is -0.139. The first-order valence-electron chi connectivity index (χ1n) is 6.33. The second-order valence-electron chi connectivity index (χ2n) is 4.96. The first-order valence-corrected chi connectivity index (χ1v) is 7.73. The highest BCUT2D eigenvalue weighted by molar-refractivity contribution is 7.98. The summed E-state index contributed by atoms with van der Waals surface area (Å²) in [7, 11) is 0. The van der Waals surface area contributed by atoms with Crippen LogP contribution in [0.25, 0.3) is 0 Å². The zero-order valence-electron chi connectivity index (χ0n) is 11.4. The Morgan fingerprint density at radius 3 is 2.68 bits per heavy atom. The van der Waals surface area contributed by atoms with Gasteiger partial charge in [-0.05, 0) is 26.0 Å². The highest BCUT2D eigenvalue weighted by atomic mass is 32.2. The van der Waals surface area contributed by atoms with Crippen LogP contribution in [0.15, 0.2) is 0 Å². The summed E-state index contributed by atoms with van der Waals surface area (Å²) in [4.78, 5) is 23.0. The maximum Gasteiger partial charge on any atom is 0.309 e. The number of carbonyl (C=O) groups excluding carboxylic acids is 2. The Hall–Kier alpha value is -0.790. The van der Waals surface area contributed by atoms with Gasteiger partial charge in [0.05, 0.1) is 11.7 Å². The van der Waals surface area contributed by atoms with Crippen molar-refractivity contribution in [2.45, 2.75) is 31.5 Å². The molecule has 0 aromatic carbocycles. The molecular formula is C12H22N2O4S. The van der Waals surface area contributed by atoms with E-state index in [1.165, 1.54) is 11.8 Å². The summed E-state index contributed by atoms with van der Waals surface area (Å²) >= 11 is 1.48. The largest absolute Gasteiger partial charge is 0.387 e. The fourth-order valence-electron chi connectivity index (χ4n) is 1.81. The number of carbonyl (C=O) groups is 2. The molecule has 19 heavy (non-hydrogen) atoms. The number of rotatable bonds is 6. The number of hydrogen-bond acceptors (Lipinski definition) is 5. The molecule has 1 fully saturated rings. The molecule has 1 saturated heterocycles. The summed E-state index contributed by atoms with van der Waals surface area (Å²) in [5.74, 6) is -0.917. The standard InChI is InChI=1S/C12H22N2O4S/c1-12(17,8-19-2)7-14-11(16)10(15)13-6-9-4-3-5-18-9/h9,17H,3-8H2,1-2H3,(H,13,15)(H,14,16)/t9-,12+/m1/s1. The molecule has 110 valence electrons. The minimum absolute atomic E-state index is 0.0105. The number of thioether (sulfide) groups is 1. The Bertz CT molecular complexity index is 317. The van der Waals surface area contributed by atoms with Crippen LogP contribution in [-0.2, 0) is 14.3 Å². The van der Waals surface area contributed by atoms with E-state index < -0.39 is 17.4 Å². The van der Waals surface area contributed by atoms with E-state index in [1.807, 2.05) is 6.26 Å². The highest BCUT2D eigenvalue weighted by Gasteiger charge is 2.23. The van der Waals surface area contributed by atoms with E-state index in [2.05, 4.69) is 10.6 Å². The quantitative estimate of drug-likeness (QED) is 0.575. The van der Waals surface area contributed by atoms with Gasteiger partial charge >= 0.3 is 11.8 Å². The van der Waals surface area contributed by atoms with Gasteiger partial charge in [-0.3, -0.25) is 9.59 Å². The summed E-state index contributed by atoms with van der Waals surface area (Å²) in [6.07, 6.45) is 3.77. The molecule has 1 aliphatic rings. The molecule has 0 spiro atoms. The van der Waals surface area contributed by atoms with Crippen molar-refractivity contribution >= 4 is 23.6 Å². The van der Waals surface area contributed by atoms with Crippen molar-refractivity contribution in [1.82, 2.24) is 10.6 Å². The van der Waals surface area contributed by atoms with Crippen LogP contribution in [0.3, 0.4) is 0 Å². The van der Waals surface area contributed by atoms with Crippen molar-refractivity contribution in [3.8, 4) is 0 Å². The fraction of sp³-hybridized carbons (Fsp3) is 0.833. The molecular weight excluding hydrogens is 268 g/mol. The molecule has 0 saturated carbocycles. The Morgan fingerprint density at radius 1 is 1.42 bits per heavy atom. The Balaban J connectivity index is 2.22. The third-order valence-corrected chi connectivity index (χ3v) is 3.72. The van der Waals surface area contributed by atoms with Crippen LogP contribution in [0.2, 0.25) is 0 Å². The number of ether oxygens (including phenoxy) is 1. The van der Waals surface area contributed by atoms with Crippen LogP contribution in [0.4, 0.5) is 0 Å². The van der Waals surface area contributed by atoms with E-state index in [1.54, 1.807) is 6.92 Å². The normalized spacial score (nSPS) is 21.7. The summed E-state index contributed by atoms with van der Waals surface area (Å²) in [6, 6.07) is 0. The predicted octanol–water partition coefficient (Wildman–Crippen LogP) is -0.488. The highest BCUT2D eigenvalue weighted by Crippen LogP contribution is 2.10. The Kier molecular flexibility index (Phi) is 6.60. The lowest BCUT2D eigenvalue weighted by atomic mass is 10.1. The van der Waals surface area contributed by atoms with Crippen LogP contribution in [0.5, 0.6) is 0 Å². The Labute approximate surface area is 117 Å². The van der Waals surface area contributed by atoms with Gasteiger partial charge in [0.2, 0.25) is 0 Å². The second kappa shape index (κ2) is 7.72. The maximum absolute atomic E-state index is 11.5. The maximum atomic E-state index is 11.5. The van der Waals surface area contributed by atoms with Crippen molar-refractivity contribution in [2.24, 2.45) is 0 Å². The van der Waals surface area contributed by atoms with Crippen LogP contribution in [0.1, 0.15) is 19.8 Å². The van der Waals surface area contributed by atoms with Crippen molar-refractivity contribution in [1.29, 1.82) is 0 Å². The third-order valence-electron chi connectivity index (χ3n) is 2.81. The summed E-state index contributed by atoms with van der Waals surface area (Å²) < 4.78 is 5.34. The van der Waals surface area contributed by atoms with Gasteiger partial charge in [0.15, 0.2) is 0 Å². The molecule has 0 aromatic rings. The average Bonchev–Trinajstić information content (AvgIpc) is 2.86. The van der Waals surface area contributed by atoms with Crippen molar-refractivity contribution in [3.05, 3.63) is 0 Å². The molecule has 1 heterocycles. The number of amides is 2. The SMILES string of the molecule is CSC[C@@](C)(O)CNC(=O)C(=O)NC[C@H]1CCCO1. The lowest BCUT2D eigenvalue weighted by Gasteiger charge is -2.22. The van der Waals surface area contributed by atoms with Gasteiger partial charge in [-0.2, -0.15) is 11.8 Å². The molecule has 2 atom stereocenters. The number of hydrogen-bond donors (Lipinski definition) is 3.